The Morgan fingerprint density at radius 1 is 1.23 bits per heavy atom. The zero-order valence-corrected chi connectivity index (χ0v) is 16.5. The van der Waals surface area contributed by atoms with E-state index in [0.29, 0.717) is 23.2 Å². The fourth-order valence-corrected chi connectivity index (χ4v) is 4.48. The van der Waals surface area contributed by atoms with Crippen molar-refractivity contribution < 1.29 is 13.2 Å². The standard InChI is InChI=1S/C21H21F3N6/c1-11(2)30-18(19-14-6-13(7-15(14)19)29-4-3-26-10-29)8-17(28-30)12-5-16(21(22,23)24)20(25)27-9-12/h3-6,8-11,13,15,19H,7H2,1-2H3,(H2,25,27)/t13-,15-,19-/m1/s1. The van der Waals surface area contributed by atoms with E-state index in [1.165, 1.54) is 11.8 Å². The summed E-state index contributed by atoms with van der Waals surface area (Å²) in [6.45, 7) is 4.03. The number of anilines is 1. The minimum atomic E-state index is -4.56. The highest BCUT2D eigenvalue weighted by atomic mass is 19.4. The molecule has 3 atom stereocenters. The van der Waals surface area contributed by atoms with Crippen LogP contribution in [0.25, 0.3) is 11.3 Å². The van der Waals surface area contributed by atoms with Gasteiger partial charge in [-0.25, -0.2) is 9.97 Å². The van der Waals surface area contributed by atoms with Crippen LogP contribution in [0.4, 0.5) is 19.0 Å². The molecule has 0 aromatic carbocycles. The zero-order valence-electron chi connectivity index (χ0n) is 16.5. The molecule has 9 heteroatoms. The summed E-state index contributed by atoms with van der Waals surface area (Å²) in [7, 11) is 0. The third kappa shape index (κ3) is 3.00. The number of nitrogens with two attached hydrogens (primary N) is 1. The Labute approximate surface area is 171 Å². The van der Waals surface area contributed by atoms with Crippen LogP contribution in [0.2, 0.25) is 0 Å². The van der Waals surface area contributed by atoms with E-state index in [4.69, 9.17) is 5.73 Å². The second kappa shape index (κ2) is 6.45. The molecule has 0 aliphatic heterocycles. The van der Waals surface area contributed by atoms with Crippen molar-refractivity contribution in [1.82, 2.24) is 24.3 Å². The molecule has 6 nitrogen and oxygen atoms in total. The van der Waals surface area contributed by atoms with E-state index in [1.54, 1.807) is 6.20 Å². The topological polar surface area (TPSA) is 74.6 Å². The van der Waals surface area contributed by atoms with Gasteiger partial charge in [0.2, 0.25) is 0 Å². The summed E-state index contributed by atoms with van der Waals surface area (Å²) in [6.07, 6.45) is 5.63. The number of pyridine rings is 1. The molecule has 2 aliphatic rings. The van der Waals surface area contributed by atoms with Gasteiger partial charge in [-0.3, -0.25) is 4.68 Å². The maximum Gasteiger partial charge on any atom is 0.419 e. The van der Waals surface area contributed by atoms with Gasteiger partial charge in [0.05, 0.1) is 23.6 Å². The Balaban J connectivity index is 1.49. The molecule has 1 fully saturated rings. The first-order valence-corrected chi connectivity index (χ1v) is 9.85. The van der Waals surface area contributed by atoms with Gasteiger partial charge in [0.1, 0.15) is 5.82 Å². The molecule has 2 N–H and O–H groups in total. The Bertz CT molecular complexity index is 1130. The van der Waals surface area contributed by atoms with Crippen LogP contribution in [-0.2, 0) is 6.18 Å². The van der Waals surface area contributed by atoms with Gasteiger partial charge in [-0.1, -0.05) is 11.6 Å². The highest BCUT2D eigenvalue weighted by Gasteiger charge is 2.52. The zero-order chi connectivity index (χ0) is 21.2. The van der Waals surface area contributed by atoms with Gasteiger partial charge in [0.25, 0.3) is 0 Å². The average Bonchev–Trinajstić information content (AvgIpc) is 3.20. The van der Waals surface area contributed by atoms with Crippen LogP contribution in [0.15, 0.2) is 48.7 Å². The van der Waals surface area contributed by atoms with Gasteiger partial charge in [-0.2, -0.15) is 18.3 Å². The molecule has 5 rings (SSSR count). The molecule has 3 aromatic rings. The van der Waals surface area contributed by atoms with Gasteiger partial charge in [0.15, 0.2) is 0 Å². The third-order valence-corrected chi connectivity index (χ3v) is 5.96. The molecule has 3 aromatic heterocycles. The second-order valence-electron chi connectivity index (χ2n) is 8.21. The molecule has 0 radical (unpaired) electrons. The van der Waals surface area contributed by atoms with E-state index in [0.717, 1.165) is 18.2 Å². The van der Waals surface area contributed by atoms with E-state index in [1.807, 2.05) is 37.1 Å². The number of rotatable bonds is 4. The molecule has 30 heavy (non-hydrogen) atoms. The minimum Gasteiger partial charge on any atom is -0.383 e. The van der Waals surface area contributed by atoms with Gasteiger partial charge < -0.3 is 10.3 Å². The molecule has 1 saturated carbocycles. The fourth-order valence-electron chi connectivity index (χ4n) is 4.48. The molecule has 0 saturated heterocycles. The number of nitrogen functional groups attached to an aromatic ring is 1. The monoisotopic (exact) mass is 414 g/mol. The molecule has 2 aliphatic carbocycles. The number of imidazole rings is 1. The van der Waals surface area contributed by atoms with Crippen molar-refractivity contribution in [2.24, 2.45) is 5.92 Å². The highest BCUT2D eigenvalue weighted by Crippen LogP contribution is 2.62. The Morgan fingerprint density at radius 2 is 2.03 bits per heavy atom. The number of aromatic nitrogens is 5. The SMILES string of the molecule is CC(C)n1nc(-c2cnc(N)c(C(F)(F)F)c2)cc1[C@@H]1C2=C[C@@H](n3ccnc3)C[C@H]21. The molecule has 0 bridgehead atoms. The molecule has 0 spiro atoms. The highest BCUT2D eigenvalue weighted by molar-refractivity contribution is 5.64. The van der Waals surface area contributed by atoms with Crippen molar-refractivity contribution in [3.63, 3.8) is 0 Å². The smallest absolute Gasteiger partial charge is 0.383 e. The van der Waals surface area contributed by atoms with Crippen LogP contribution in [0.3, 0.4) is 0 Å². The van der Waals surface area contributed by atoms with Crippen LogP contribution < -0.4 is 5.73 Å². The average molecular weight is 414 g/mol. The number of alkyl halides is 3. The van der Waals surface area contributed by atoms with Crippen LogP contribution in [0, 0.1) is 5.92 Å². The Kier molecular flexibility index (Phi) is 4.06. The summed E-state index contributed by atoms with van der Waals surface area (Å²) < 4.78 is 43.7. The number of hydrogen-bond donors (Lipinski definition) is 1. The lowest BCUT2D eigenvalue weighted by molar-refractivity contribution is -0.137. The van der Waals surface area contributed by atoms with E-state index in [-0.39, 0.29) is 12.0 Å². The quantitative estimate of drug-likeness (QED) is 0.633. The van der Waals surface area contributed by atoms with Gasteiger partial charge >= 0.3 is 6.18 Å². The van der Waals surface area contributed by atoms with Crippen LogP contribution >= 0.6 is 0 Å². The van der Waals surface area contributed by atoms with Crippen molar-refractivity contribution in [2.45, 2.75) is 44.4 Å². The summed E-state index contributed by atoms with van der Waals surface area (Å²) >= 11 is 0. The molecular weight excluding hydrogens is 393 g/mol. The second-order valence-corrected chi connectivity index (χ2v) is 8.21. The lowest BCUT2D eigenvalue weighted by atomic mass is 10.1. The largest absolute Gasteiger partial charge is 0.419 e. The van der Waals surface area contributed by atoms with E-state index in [2.05, 4.69) is 25.7 Å². The molecule has 3 heterocycles. The van der Waals surface area contributed by atoms with Crippen molar-refractivity contribution in [3.8, 4) is 11.3 Å². The van der Waals surface area contributed by atoms with Crippen molar-refractivity contribution in [1.29, 1.82) is 0 Å². The van der Waals surface area contributed by atoms with Crippen LogP contribution in [0.5, 0.6) is 0 Å². The van der Waals surface area contributed by atoms with Crippen molar-refractivity contribution in [2.75, 3.05) is 5.73 Å². The summed E-state index contributed by atoms with van der Waals surface area (Å²) in [5.74, 6) is 0.175. The lowest BCUT2D eigenvalue weighted by Crippen LogP contribution is -2.10. The van der Waals surface area contributed by atoms with Gasteiger partial charge in [-0.15, -0.1) is 0 Å². The number of nitrogens with zero attached hydrogens (tertiary/aromatic N) is 5. The number of fused-ring (bicyclic) bond motifs is 1. The lowest BCUT2D eigenvalue weighted by Gasteiger charge is -2.14. The van der Waals surface area contributed by atoms with Crippen LogP contribution in [-0.4, -0.2) is 24.3 Å². The molecule has 0 amide bonds. The Hall–Kier alpha value is -3.10. The first-order chi connectivity index (χ1) is 14.2. The van der Waals surface area contributed by atoms with E-state index >= 15 is 0 Å². The van der Waals surface area contributed by atoms with Crippen molar-refractivity contribution >= 4 is 5.82 Å². The number of hydrogen-bond acceptors (Lipinski definition) is 4. The summed E-state index contributed by atoms with van der Waals surface area (Å²) in [5.41, 5.74) is 7.70. The first kappa shape index (κ1) is 18.9. The Morgan fingerprint density at radius 3 is 2.63 bits per heavy atom. The van der Waals surface area contributed by atoms with E-state index in [9.17, 15) is 13.2 Å². The summed E-state index contributed by atoms with van der Waals surface area (Å²) in [6, 6.07) is 3.32. The maximum atomic E-state index is 13.2. The van der Waals surface area contributed by atoms with Gasteiger partial charge in [0, 0.05) is 41.8 Å². The molecule has 156 valence electrons. The minimum absolute atomic E-state index is 0.0870. The predicted molar refractivity (Wildman–Crippen MR) is 105 cm³/mol. The third-order valence-electron chi connectivity index (χ3n) is 5.96. The summed E-state index contributed by atoms with van der Waals surface area (Å²) in [5, 5.41) is 4.62. The fraction of sp³-hybridized carbons (Fsp3) is 0.381. The molecular formula is C21H21F3N6. The maximum absolute atomic E-state index is 13.2. The van der Waals surface area contributed by atoms with Gasteiger partial charge in [-0.05, 0) is 38.3 Å². The molecule has 0 unspecified atom stereocenters. The van der Waals surface area contributed by atoms with E-state index < -0.39 is 17.6 Å². The van der Waals surface area contributed by atoms with Crippen LogP contribution in [0.1, 0.15) is 49.5 Å². The summed E-state index contributed by atoms with van der Waals surface area (Å²) in [4.78, 5) is 7.86. The number of halogens is 3. The van der Waals surface area contributed by atoms with Crippen molar-refractivity contribution in [3.05, 3.63) is 60.0 Å². The predicted octanol–water partition coefficient (Wildman–Crippen LogP) is 4.61. The number of allylic oxidation sites excluding steroid dienone is 2. The normalized spacial score (nSPS) is 23.0. The first-order valence-electron chi connectivity index (χ1n) is 9.85.